The minimum atomic E-state index is -0.423. The van der Waals surface area contributed by atoms with Gasteiger partial charge < -0.3 is 25.8 Å². The lowest BCUT2D eigenvalue weighted by atomic mass is 10.2. The van der Waals surface area contributed by atoms with E-state index < -0.39 is 5.97 Å². The molecule has 0 saturated heterocycles. The number of nitrogens with two attached hydrogens (primary N) is 1. The zero-order chi connectivity index (χ0) is 19.9. The highest BCUT2D eigenvalue weighted by Gasteiger charge is 2.15. The number of hydrogen-bond acceptors (Lipinski definition) is 8. The fourth-order valence-electron chi connectivity index (χ4n) is 2.54. The molecule has 0 saturated carbocycles. The summed E-state index contributed by atoms with van der Waals surface area (Å²) >= 11 is 0. The summed E-state index contributed by atoms with van der Waals surface area (Å²) in [5, 5.41) is 6.23. The fraction of sp³-hybridized carbons (Fsp3) is 0.150. The van der Waals surface area contributed by atoms with Gasteiger partial charge >= 0.3 is 5.97 Å². The van der Waals surface area contributed by atoms with E-state index in [4.69, 9.17) is 15.2 Å². The third-order valence-corrected chi connectivity index (χ3v) is 3.89. The van der Waals surface area contributed by atoms with Crippen LogP contribution in [-0.4, -0.2) is 29.7 Å². The summed E-state index contributed by atoms with van der Waals surface area (Å²) in [5.74, 6) is 1.09. The predicted octanol–water partition coefficient (Wildman–Crippen LogP) is 3.73. The Kier molecular flexibility index (Phi) is 5.91. The molecular weight excluding hydrogens is 358 g/mol. The van der Waals surface area contributed by atoms with Crippen LogP contribution in [0.2, 0.25) is 0 Å². The van der Waals surface area contributed by atoms with Gasteiger partial charge in [0.15, 0.2) is 11.6 Å². The second-order valence-corrected chi connectivity index (χ2v) is 5.73. The molecule has 8 heteroatoms. The van der Waals surface area contributed by atoms with Crippen LogP contribution in [0.4, 0.5) is 28.7 Å². The van der Waals surface area contributed by atoms with E-state index in [0.29, 0.717) is 34.3 Å². The number of nitrogens with zero attached hydrogens (tertiary/aromatic N) is 2. The summed E-state index contributed by atoms with van der Waals surface area (Å²) in [5.41, 5.74) is 8.25. The molecule has 0 bridgehead atoms. The Morgan fingerprint density at radius 2 is 1.82 bits per heavy atom. The van der Waals surface area contributed by atoms with Crippen molar-refractivity contribution in [3.63, 3.8) is 0 Å². The number of nitrogen functional groups attached to an aromatic ring is 1. The number of benzene rings is 2. The fourth-order valence-corrected chi connectivity index (χ4v) is 2.54. The second-order valence-electron chi connectivity index (χ2n) is 5.73. The Balaban J connectivity index is 1.87. The number of hydrogen-bond donors (Lipinski definition) is 3. The van der Waals surface area contributed by atoms with Crippen LogP contribution in [0.3, 0.4) is 0 Å². The van der Waals surface area contributed by atoms with Crippen molar-refractivity contribution in [2.24, 2.45) is 0 Å². The van der Waals surface area contributed by atoms with Crippen LogP contribution in [0.15, 0.2) is 54.9 Å². The van der Waals surface area contributed by atoms with Crippen LogP contribution in [0.5, 0.6) is 5.75 Å². The summed E-state index contributed by atoms with van der Waals surface area (Å²) < 4.78 is 10.3. The molecule has 0 aliphatic heterocycles. The molecule has 0 aliphatic rings. The average Bonchev–Trinajstić information content (AvgIpc) is 2.71. The van der Waals surface area contributed by atoms with Gasteiger partial charge in [0, 0.05) is 11.8 Å². The van der Waals surface area contributed by atoms with Gasteiger partial charge in [-0.25, -0.2) is 14.8 Å². The van der Waals surface area contributed by atoms with E-state index >= 15 is 0 Å². The molecule has 0 radical (unpaired) electrons. The lowest BCUT2D eigenvalue weighted by molar-refractivity contribution is 0.0527. The Morgan fingerprint density at radius 3 is 2.57 bits per heavy atom. The quantitative estimate of drug-likeness (QED) is 0.533. The zero-order valence-corrected chi connectivity index (χ0v) is 15.6. The highest BCUT2D eigenvalue weighted by atomic mass is 16.5. The lowest BCUT2D eigenvalue weighted by Crippen LogP contribution is -2.10. The number of carbonyl (C=O) groups excluding carboxylic acids is 1. The largest absolute Gasteiger partial charge is 0.497 e. The van der Waals surface area contributed by atoms with Crippen LogP contribution < -0.4 is 21.1 Å². The summed E-state index contributed by atoms with van der Waals surface area (Å²) in [6, 6.07) is 14.4. The second kappa shape index (κ2) is 8.72. The summed E-state index contributed by atoms with van der Waals surface area (Å²) in [6.07, 6.45) is 1.38. The number of para-hydroxylation sites is 1. The molecule has 3 aromatic rings. The SMILES string of the molecule is CCOC(=O)c1ccccc1Nc1ncnc(Nc2cccc(OC)c2)c1N. The van der Waals surface area contributed by atoms with Gasteiger partial charge in [-0.2, -0.15) is 0 Å². The molecule has 28 heavy (non-hydrogen) atoms. The molecule has 0 unspecified atom stereocenters. The molecule has 3 rings (SSSR count). The molecule has 0 amide bonds. The van der Waals surface area contributed by atoms with E-state index in [9.17, 15) is 4.79 Å². The highest BCUT2D eigenvalue weighted by Crippen LogP contribution is 2.30. The van der Waals surface area contributed by atoms with Gasteiger partial charge in [-0.3, -0.25) is 0 Å². The van der Waals surface area contributed by atoms with Gasteiger partial charge in [0.25, 0.3) is 0 Å². The van der Waals surface area contributed by atoms with Gasteiger partial charge in [-0.1, -0.05) is 18.2 Å². The molecule has 144 valence electrons. The van der Waals surface area contributed by atoms with Crippen LogP contribution >= 0.6 is 0 Å². The van der Waals surface area contributed by atoms with E-state index in [1.54, 1.807) is 38.3 Å². The zero-order valence-electron chi connectivity index (χ0n) is 15.6. The minimum Gasteiger partial charge on any atom is -0.497 e. The van der Waals surface area contributed by atoms with Crippen LogP contribution in [0.25, 0.3) is 0 Å². The van der Waals surface area contributed by atoms with E-state index in [0.717, 1.165) is 5.69 Å². The van der Waals surface area contributed by atoms with Crippen molar-refractivity contribution in [1.82, 2.24) is 9.97 Å². The molecule has 2 aromatic carbocycles. The number of ether oxygens (including phenoxy) is 2. The number of nitrogens with one attached hydrogen (secondary N) is 2. The van der Waals surface area contributed by atoms with Crippen molar-refractivity contribution in [3.05, 3.63) is 60.4 Å². The van der Waals surface area contributed by atoms with Gasteiger partial charge in [0.2, 0.25) is 0 Å². The standard InChI is InChI=1S/C20H21N5O3/c1-3-28-20(26)15-9-4-5-10-16(15)25-19-17(21)18(22-12-23-19)24-13-7-6-8-14(11-13)27-2/h4-12H,3,21H2,1-2H3,(H2,22,23,24,25). The number of carbonyl (C=O) groups is 1. The van der Waals surface area contributed by atoms with Crippen LogP contribution in [0.1, 0.15) is 17.3 Å². The van der Waals surface area contributed by atoms with Gasteiger partial charge in [0.05, 0.1) is 25.0 Å². The molecule has 1 heterocycles. The van der Waals surface area contributed by atoms with Crippen molar-refractivity contribution in [1.29, 1.82) is 0 Å². The summed E-state index contributed by atoms with van der Waals surface area (Å²) in [4.78, 5) is 20.5. The van der Waals surface area contributed by atoms with Crippen LogP contribution in [0, 0.1) is 0 Å². The van der Waals surface area contributed by atoms with Crippen molar-refractivity contribution in [2.75, 3.05) is 30.1 Å². The average molecular weight is 379 g/mol. The molecule has 0 aliphatic carbocycles. The first kappa shape index (κ1) is 19.0. The number of anilines is 5. The molecule has 0 atom stereocenters. The maximum atomic E-state index is 12.2. The monoisotopic (exact) mass is 379 g/mol. The third-order valence-electron chi connectivity index (χ3n) is 3.89. The van der Waals surface area contributed by atoms with E-state index in [1.165, 1.54) is 6.33 Å². The molecular formula is C20H21N5O3. The maximum absolute atomic E-state index is 12.2. The normalized spacial score (nSPS) is 10.2. The van der Waals surface area contributed by atoms with E-state index in [1.807, 2.05) is 24.3 Å². The third kappa shape index (κ3) is 4.29. The number of methoxy groups -OCH3 is 1. The molecule has 0 spiro atoms. The van der Waals surface area contributed by atoms with E-state index in [-0.39, 0.29) is 6.61 Å². The Hall–Kier alpha value is -3.81. The number of aromatic nitrogens is 2. The van der Waals surface area contributed by atoms with Gasteiger partial charge in [0.1, 0.15) is 17.8 Å². The van der Waals surface area contributed by atoms with E-state index in [2.05, 4.69) is 20.6 Å². The predicted molar refractivity (Wildman–Crippen MR) is 108 cm³/mol. The summed E-state index contributed by atoms with van der Waals surface area (Å²) in [6.45, 7) is 2.05. The van der Waals surface area contributed by atoms with Gasteiger partial charge in [-0.15, -0.1) is 0 Å². The number of esters is 1. The topological polar surface area (TPSA) is 111 Å². The first-order valence-corrected chi connectivity index (χ1v) is 8.67. The first-order chi connectivity index (χ1) is 13.6. The molecule has 8 nitrogen and oxygen atoms in total. The Morgan fingerprint density at radius 1 is 1.07 bits per heavy atom. The minimum absolute atomic E-state index is 0.289. The Bertz CT molecular complexity index is 978. The number of rotatable bonds is 7. The smallest absolute Gasteiger partial charge is 0.340 e. The van der Waals surface area contributed by atoms with Crippen molar-refractivity contribution in [2.45, 2.75) is 6.92 Å². The van der Waals surface area contributed by atoms with Crippen molar-refractivity contribution >= 4 is 34.7 Å². The first-order valence-electron chi connectivity index (χ1n) is 8.67. The van der Waals surface area contributed by atoms with Crippen LogP contribution in [-0.2, 0) is 4.74 Å². The van der Waals surface area contributed by atoms with Crippen molar-refractivity contribution in [3.8, 4) is 5.75 Å². The maximum Gasteiger partial charge on any atom is 0.340 e. The van der Waals surface area contributed by atoms with Gasteiger partial charge in [-0.05, 0) is 31.2 Å². The lowest BCUT2D eigenvalue weighted by Gasteiger charge is -2.14. The van der Waals surface area contributed by atoms with Crippen molar-refractivity contribution < 1.29 is 14.3 Å². The molecule has 4 N–H and O–H groups in total. The Labute approximate surface area is 162 Å². The summed E-state index contributed by atoms with van der Waals surface area (Å²) in [7, 11) is 1.60. The molecule has 0 fully saturated rings. The molecule has 1 aromatic heterocycles. The highest BCUT2D eigenvalue weighted by molar-refractivity contribution is 5.97.